The molecule has 5 aromatic carbocycles. The number of rotatable bonds is 6. The van der Waals surface area contributed by atoms with Crippen molar-refractivity contribution in [2.24, 2.45) is 0 Å². The van der Waals surface area contributed by atoms with E-state index in [1.165, 1.54) is 78.5 Å². The van der Waals surface area contributed by atoms with Gasteiger partial charge in [-0.25, -0.2) is 9.97 Å². The standard InChI is InChI=1S/C64H56N4OS/c1-36-29-39(4)58(40(5)30-36)62-52-23-21-50(65-52)61(49-19-17-47(18-20-49)12-11-46-13-15-48(16-14-46)35-70-45(10)69)51-22-24-53(66-51)63(59-41(6)31-37(2)32-42(59)7)55-26-28-57(68-55)64(56-27-25-54(62)67-56)60-43(8)33-38(3)34-44(60)9/h13-34,65,68H,35H2,1-10H3. The predicted molar refractivity (Wildman–Crippen MR) is 298 cm³/mol. The first kappa shape index (κ1) is 46.0. The van der Waals surface area contributed by atoms with Crippen molar-refractivity contribution in [2.45, 2.75) is 75.0 Å². The zero-order valence-electron chi connectivity index (χ0n) is 41.6. The molecule has 0 spiro atoms. The molecule has 8 bridgehead atoms. The lowest BCUT2D eigenvalue weighted by atomic mass is 9.92. The van der Waals surface area contributed by atoms with E-state index in [0.717, 1.165) is 89.4 Å². The molecule has 0 fully saturated rings. The Hall–Kier alpha value is -7.72. The minimum atomic E-state index is 0.116. The lowest BCUT2D eigenvalue weighted by Gasteiger charge is -2.14. The normalized spacial score (nSPS) is 11.8. The van der Waals surface area contributed by atoms with Crippen LogP contribution in [-0.2, 0) is 10.5 Å². The molecule has 8 aromatic rings. The van der Waals surface area contributed by atoms with E-state index in [0.29, 0.717) is 5.75 Å². The van der Waals surface area contributed by atoms with E-state index in [9.17, 15) is 4.79 Å². The Balaban J connectivity index is 1.28. The van der Waals surface area contributed by atoms with Gasteiger partial charge in [-0.15, -0.1) is 0 Å². The summed E-state index contributed by atoms with van der Waals surface area (Å²) in [6.45, 7) is 21.4. The maximum atomic E-state index is 11.5. The van der Waals surface area contributed by atoms with E-state index >= 15 is 0 Å². The number of hydrogen-bond acceptors (Lipinski definition) is 4. The number of nitrogens with zero attached hydrogens (tertiary/aromatic N) is 2. The summed E-state index contributed by atoms with van der Waals surface area (Å²) in [5.74, 6) is 7.38. The first-order chi connectivity index (χ1) is 33.7. The minimum Gasteiger partial charge on any atom is -0.354 e. The largest absolute Gasteiger partial charge is 0.354 e. The average Bonchev–Trinajstić information content (AvgIpc) is 4.16. The predicted octanol–water partition coefficient (Wildman–Crippen LogP) is 16.3. The molecule has 0 saturated carbocycles. The summed E-state index contributed by atoms with van der Waals surface area (Å²) in [6, 6.07) is 39.1. The van der Waals surface area contributed by atoms with Crippen molar-refractivity contribution in [1.29, 1.82) is 0 Å². The van der Waals surface area contributed by atoms with Gasteiger partial charge in [0.2, 0.25) is 0 Å². The molecule has 5 nitrogen and oxygen atoms in total. The van der Waals surface area contributed by atoms with Crippen molar-refractivity contribution < 1.29 is 4.79 Å². The van der Waals surface area contributed by atoms with E-state index in [1.54, 1.807) is 6.92 Å². The molecular weight excluding hydrogens is 873 g/mol. The molecule has 2 aliphatic heterocycles. The van der Waals surface area contributed by atoms with E-state index in [2.05, 4.69) is 193 Å². The third-order valence-electron chi connectivity index (χ3n) is 13.5. The van der Waals surface area contributed by atoms with E-state index < -0.39 is 0 Å². The quantitative estimate of drug-likeness (QED) is 0.163. The second kappa shape index (κ2) is 18.6. The maximum absolute atomic E-state index is 11.5. The second-order valence-corrected chi connectivity index (χ2v) is 20.3. The highest BCUT2D eigenvalue weighted by Crippen LogP contribution is 2.42. The van der Waals surface area contributed by atoms with Gasteiger partial charge in [0.1, 0.15) is 0 Å². The molecule has 2 N–H and O–H groups in total. The van der Waals surface area contributed by atoms with E-state index in [4.69, 9.17) is 9.97 Å². The molecule has 0 saturated heterocycles. The summed E-state index contributed by atoms with van der Waals surface area (Å²) >= 11 is 1.32. The Kier molecular flexibility index (Phi) is 12.3. The topological polar surface area (TPSA) is 74.4 Å². The third-order valence-corrected chi connectivity index (χ3v) is 14.3. The molecule has 10 rings (SSSR count). The van der Waals surface area contributed by atoms with E-state index in [-0.39, 0.29) is 5.12 Å². The monoisotopic (exact) mass is 928 g/mol. The highest BCUT2D eigenvalue weighted by atomic mass is 32.2. The molecule has 70 heavy (non-hydrogen) atoms. The van der Waals surface area contributed by atoms with Crippen LogP contribution in [0.4, 0.5) is 0 Å². The number of aryl methyl sites for hydroxylation is 9. The molecule has 0 atom stereocenters. The molecule has 0 amide bonds. The van der Waals surface area contributed by atoms with Gasteiger partial charge in [0.25, 0.3) is 0 Å². The minimum absolute atomic E-state index is 0.116. The number of carbonyl (C=O) groups excluding carboxylic acids is 1. The van der Waals surface area contributed by atoms with Crippen LogP contribution in [0.5, 0.6) is 0 Å². The molecule has 0 unspecified atom stereocenters. The van der Waals surface area contributed by atoms with Crippen LogP contribution in [0.25, 0.3) is 90.9 Å². The number of hydrogen-bond donors (Lipinski definition) is 2. The van der Waals surface area contributed by atoms with Gasteiger partial charge < -0.3 is 9.97 Å². The summed E-state index contributed by atoms with van der Waals surface area (Å²) in [6.07, 6.45) is 8.73. The van der Waals surface area contributed by atoms with Crippen LogP contribution in [0.1, 0.15) is 96.5 Å². The van der Waals surface area contributed by atoms with Crippen LogP contribution in [0.3, 0.4) is 0 Å². The number of fused-ring (bicyclic) bond motifs is 8. The molecule has 6 heteroatoms. The number of H-pyrrole nitrogens is 2. The number of aromatic amines is 2. The molecule has 5 heterocycles. The zero-order valence-corrected chi connectivity index (χ0v) is 42.4. The van der Waals surface area contributed by atoms with Crippen molar-refractivity contribution >= 4 is 63.2 Å². The number of thioether (sulfide) groups is 1. The summed E-state index contributed by atoms with van der Waals surface area (Å²) in [5.41, 5.74) is 30.0. The van der Waals surface area contributed by atoms with E-state index in [1.807, 2.05) is 24.3 Å². The van der Waals surface area contributed by atoms with Crippen LogP contribution in [0.15, 0.2) is 109 Å². The molecule has 2 aliphatic rings. The molecule has 0 radical (unpaired) electrons. The van der Waals surface area contributed by atoms with Gasteiger partial charge in [-0.3, -0.25) is 4.79 Å². The zero-order chi connectivity index (χ0) is 49.0. The summed E-state index contributed by atoms with van der Waals surface area (Å²) in [7, 11) is 0. The van der Waals surface area contributed by atoms with Crippen molar-refractivity contribution in [3.05, 3.63) is 199 Å². The van der Waals surface area contributed by atoms with Gasteiger partial charge in [0.05, 0.1) is 22.8 Å². The summed E-state index contributed by atoms with van der Waals surface area (Å²) in [4.78, 5) is 30.7. The lowest BCUT2D eigenvalue weighted by molar-refractivity contribution is -0.109. The van der Waals surface area contributed by atoms with Crippen LogP contribution >= 0.6 is 11.8 Å². The van der Waals surface area contributed by atoms with Gasteiger partial charge in [-0.05, 0) is 196 Å². The van der Waals surface area contributed by atoms with Crippen molar-refractivity contribution in [1.82, 2.24) is 19.9 Å². The highest BCUT2D eigenvalue weighted by Gasteiger charge is 2.23. The third kappa shape index (κ3) is 8.90. The van der Waals surface area contributed by atoms with Crippen LogP contribution < -0.4 is 0 Å². The van der Waals surface area contributed by atoms with Gasteiger partial charge in [0.15, 0.2) is 5.12 Å². The SMILES string of the molecule is CC(=O)SCc1ccc(C#Cc2ccc(-c3c4nc(c(-c5c(C)cc(C)cc5C)c5ccc([nH]5)c(-c5c(C)cc(C)cc5C)c5nc(c(-c6c(C)cc(C)cc6C)c6ccc3[nH]6)C=C5)C=C4)cc2)cc1. The Labute approximate surface area is 415 Å². The van der Waals surface area contributed by atoms with Crippen LogP contribution in [0.2, 0.25) is 0 Å². The molecular formula is C64H56N4OS. The Morgan fingerprint density at radius 2 is 0.743 bits per heavy atom. The number of benzene rings is 5. The summed E-state index contributed by atoms with van der Waals surface area (Å²) < 4.78 is 0. The maximum Gasteiger partial charge on any atom is 0.186 e. The van der Waals surface area contributed by atoms with Crippen molar-refractivity contribution in [3.8, 4) is 56.3 Å². The number of carbonyl (C=O) groups is 1. The second-order valence-electron chi connectivity index (χ2n) is 19.1. The van der Waals surface area contributed by atoms with Crippen molar-refractivity contribution in [2.75, 3.05) is 0 Å². The van der Waals surface area contributed by atoms with Crippen LogP contribution in [-0.4, -0.2) is 25.1 Å². The Morgan fingerprint density at radius 3 is 1.09 bits per heavy atom. The first-order valence-electron chi connectivity index (χ1n) is 23.9. The molecule has 0 aliphatic carbocycles. The van der Waals surface area contributed by atoms with Crippen molar-refractivity contribution in [3.63, 3.8) is 0 Å². The Bertz CT molecular complexity index is 3650. The first-order valence-corrected chi connectivity index (χ1v) is 24.9. The van der Waals surface area contributed by atoms with Crippen LogP contribution in [0, 0.1) is 74.2 Å². The molecule has 3 aromatic heterocycles. The van der Waals surface area contributed by atoms with Gasteiger partial charge in [0, 0.05) is 68.1 Å². The van der Waals surface area contributed by atoms with Gasteiger partial charge in [-0.1, -0.05) is 101 Å². The lowest BCUT2D eigenvalue weighted by Crippen LogP contribution is -1.96. The fourth-order valence-electron chi connectivity index (χ4n) is 10.8. The fraction of sp³-hybridized carbons (Fsp3) is 0.172. The number of aromatic nitrogens is 4. The molecule has 344 valence electrons. The summed E-state index contributed by atoms with van der Waals surface area (Å²) in [5, 5.41) is 0.116. The van der Waals surface area contributed by atoms with Gasteiger partial charge in [-0.2, -0.15) is 0 Å². The smallest absolute Gasteiger partial charge is 0.186 e. The number of nitrogens with one attached hydrogen (secondary N) is 2. The Morgan fingerprint density at radius 1 is 0.429 bits per heavy atom. The fourth-order valence-corrected chi connectivity index (χ4v) is 11.3. The highest BCUT2D eigenvalue weighted by molar-refractivity contribution is 8.12. The average molecular weight is 929 g/mol. The van der Waals surface area contributed by atoms with Gasteiger partial charge >= 0.3 is 0 Å².